The first-order valence-electron chi connectivity index (χ1n) is 8.75. The number of likely N-dealkylation sites (N-methyl/N-ethyl adjacent to an activating group) is 1. The molecule has 0 saturated heterocycles. The molecule has 4 rings (SSSR count). The smallest absolute Gasteiger partial charge is 0.222 e. The largest absolute Gasteiger partial charge is 0.368 e. The predicted molar refractivity (Wildman–Crippen MR) is 116 cm³/mol. The number of fused-ring (bicyclic) bond motifs is 1. The molecule has 146 valence electrons. The summed E-state index contributed by atoms with van der Waals surface area (Å²) in [5, 5.41) is 1.26. The van der Waals surface area contributed by atoms with Gasteiger partial charge in [-0.1, -0.05) is 18.2 Å². The lowest BCUT2D eigenvalue weighted by Gasteiger charge is -2.32. The van der Waals surface area contributed by atoms with Crippen LogP contribution in [0.3, 0.4) is 0 Å². The first-order chi connectivity index (χ1) is 12.1. The second-order valence-electron chi connectivity index (χ2n) is 6.93. The molecule has 1 aliphatic carbocycles. The molecule has 6 nitrogen and oxygen atoms in total. The molecule has 1 aromatic carbocycles. The molecule has 1 aliphatic rings. The molecule has 0 atom stereocenters. The Labute approximate surface area is 171 Å². The van der Waals surface area contributed by atoms with Crippen LogP contribution >= 0.6 is 24.8 Å². The Morgan fingerprint density at radius 3 is 2.63 bits per heavy atom. The monoisotopic (exact) mass is 408 g/mol. The summed E-state index contributed by atoms with van der Waals surface area (Å²) in [4.78, 5) is 10.9. The lowest BCUT2D eigenvalue weighted by atomic mass is 9.78. The van der Waals surface area contributed by atoms with Gasteiger partial charge in [0.25, 0.3) is 0 Å². The first kappa shape index (κ1) is 21.3. The van der Waals surface area contributed by atoms with E-state index in [1.165, 1.54) is 10.9 Å². The van der Waals surface area contributed by atoms with Gasteiger partial charge in [-0.15, -0.1) is 24.8 Å². The number of nitrogens with two attached hydrogens (primary N) is 2. The van der Waals surface area contributed by atoms with Crippen molar-refractivity contribution in [2.24, 2.45) is 5.73 Å². The Kier molecular flexibility index (Phi) is 6.92. The second kappa shape index (κ2) is 8.78. The van der Waals surface area contributed by atoms with Crippen LogP contribution in [0.1, 0.15) is 24.5 Å². The lowest BCUT2D eigenvalue weighted by Crippen LogP contribution is -2.35. The van der Waals surface area contributed by atoms with Crippen LogP contribution in [0.5, 0.6) is 0 Å². The number of para-hydroxylation sites is 1. The molecule has 2 heterocycles. The summed E-state index contributed by atoms with van der Waals surface area (Å²) in [5.41, 5.74) is 14.1. The van der Waals surface area contributed by atoms with Gasteiger partial charge in [-0.05, 0) is 30.4 Å². The van der Waals surface area contributed by atoms with Crippen molar-refractivity contribution in [1.29, 1.82) is 0 Å². The Bertz CT molecular complexity index is 891. The zero-order chi connectivity index (χ0) is 17.4. The van der Waals surface area contributed by atoms with Crippen molar-refractivity contribution < 1.29 is 0 Å². The van der Waals surface area contributed by atoms with Crippen molar-refractivity contribution in [2.75, 3.05) is 24.2 Å². The van der Waals surface area contributed by atoms with Crippen LogP contribution in [0.15, 0.2) is 42.6 Å². The van der Waals surface area contributed by atoms with Crippen molar-refractivity contribution in [2.45, 2.75) is 31.3 Å². The zero-order valence-electron chi connectivity index (χ0n) is 15.3. The third kappa shape index (κ3) is 4.46. The van der Waals surface area contributed by atoms with Crippen molar-refractivity contribution in [3.8, 4) is 0 Å². The quantitative estimate of drug-likeness (QED) is 0.676. The minimum atomic E-state index is 0. The zero-order valence-corrected chi connectivity index (χ0v) is 16.9. The highest BCUT2D eigenvalue weighted by Crippen LogP contribution is 2.35. The van der Waals surface area contributed by atoms with Crippen molar-refractivity contribution in [3.05, 3.63) is 48.3 Å². The van der Waals surface area contributed by atoms with Gasteiger partial charge >= 0.3 is 0 Å². The van der Waals surface area contributed by atoms with Crippen LogP contribution in [-0.4, -0.2) is 34.2 Å². The third-order valence-corrected chi connectivity index (χ3v) is 5.09. The number of halogens is 2. The fourth-order valence-electron chi connectivity index (χ4n) is 3.49. The molecule has 1 saturated carbocycles. The van der Waals surface area contributed by atoms with Crippen LogP contribution in [0.2, 0.25) is 0 Å². The fraction of sp³-hybridized carbons (Fsp3) is 0.368. The van der Waals surface area contributed by atoms with Gasteiger partial charge in [0.05, 0.1) is 5.69 Å². The van der Waals surface area contributed by atoms with Gasteiger partial charge in [-0.25, -0.2) is 4.98 Å². The maximum atomic E-state index is 5.93. The van der Waals surface area contributed by atoms with Gasteiger partial charge in [-0.2, -0.15) is 4.98 Å². The van der Waals surface area contributed by atoms with E-state index in [-0.39, 0.29) is 24.8 Å². The number of hydrogen-bond acceptors (Lipinski definition) is 5. The van der Waals surface area contributed by atoms with Gasteiger partial charge in [0, 0.05) is 49.9 Å². The fourth-order valence-corrected chi connectivity index (χ4v) is 3.49. The minimum Gasteiger partial charge on any atom is -0.368 e. The van der Waals surface area contributed by atoms with E-state index in [2.05, 4.69) is 62.0 Å². The third-order valence-electron chi connectivity index (χ3n) is 5.09. The molecule has 4 N–H and O–H groups in total. The summed E-state index contributed by atoms with van der Waals surface area (Å²) >= 11 is 0. The van der Waals surface area contributed by atoms with Gasteiger partial charge in [-0.3, -0.25) is 0 Å². The Morgan fingerprint density at radius 2 is 1.89 bits per heavy atom. The Hall–Kier alpha value is -2.02. The van der Waals surface area contributed by atoms with Crippen LogP contribution < -0.4 is 16.4 Å². The number of rotatable bonds is 5. The molecule has 0 amide bonds. The molecule has 0 aliphatic heterocycles. The van der Waals surface area contributed by atoms with E-state index in [0.29, 0.717) is 17.9 Å². The summed E-state index contributed by atoms with van der Waals surface area (Å²) < 4.78 is 2.27. The van der Waals surface area contributed by atoms with Gasteiger partial charge < -0.3 is 20.9 Å². The number of nitrogens with zero attached hydrogens (tertiary/aromatic N) is 4. The molecule has 0 radical (unpaired) electrons. The molecule has 0 bridgehead atoms. The number of aromatic nitrogens is 3. The van der Waals surface area contributed by atoms with E-state index >= 15 is 0 Å². The number of nitrogen functional groups attached to an aromatic ring is 1. The highest BCUT2D eigenvalue weighted by Gasteiger charge is 2.29. The molecule has 1 fully saturated rings. The molecule has 8 heteroatoms. The van der Waals surface area contributed by atoms with Gasteiger partial charge in [0.1, 0.15) is 5.82 Å². The number of anilines is 2. The van der Waals surface area contributed by atoms with Crippen LogP contribution in [0, 0.1) is 0 Å². The maximum absolute atomic E-state index is 5.93. The molecular weight excluding hydrogens is 383 g/mol. The predicted octanol–water partition coefficient (Wildman–Crippen LogP) is 3.20. The highest BCUT2D eigenvalue weighted by molar-refractivity contribution is 5.85. The van der Waals surface area contributed by atoms with E-state index in [1.54, 1.807) is 0 Å². The van der Waals surface area contributed by atoms with Gasteiger partial charge in [0.2, 0.25) is 5.95 Å². The molecule has 0 unspecified atom stereocenters. The average molecular weight is 409 g/mol. The van der Waals surface area contributed by atoms with E-state index in [4.69, 9.17) is 11.5 Å². The Balaban J connectivity index is 0.00000131. The van der Waals surface area contributed by atoms with Gasteiger partial charge in [0.15, 0.2) is 0 Å². The summed E-state index contributed by atoms with van der Waals surface area (Å²) in [7, 11) is 2.05. The minimum absolute atomic E-state index is 0. The summed E-state index contributed by atoms with van der Waals surface area (Å²) in [6.45, 7) is 1.73. The lowest BCUT2D eigenvalue weighted by molar-refractivity contribution is 0.345. The van der Waals surface area contributed by atoms with Crippen molar-refractivity contribution >= 4 is 47.5 Å². The van der Waals surface area contributed by atoms with E-state index < -0.39 is 0 Å². The number of hydrogen-bond donors (Lipinski definition) is 2. The topological polar surface area (TPSA) is 86.0 Å². The summed E-state index contributed by atoms with van der Waals surface area (Å²) in [6.07, 6.45) is 4.10. The standard InChI is InChI=1S/C19H24N6.2ClH/c1-24(8-9-25-7-6-13-4-2-3-5-17(13)25)18-12-16(22-19(21)23-18)14-10-15(20)11-14;;/h2-7,12,14-15H,8-11,20H2,1H3,(H2,21,22,23);2*1H. The highest BCUT2D eigenvalue weighted by atomic mass is 35.5. The number of benzene rings is 1. The molecule has 0 spiro atoms. The van der Waals surface area contributed by atoms with Crippen molar-refractivity contribution in [3.63, 3.8) is 0 Å². The van der Waals surface area contributed by atoms with E-state index in [1.807, 2.05) is 7.05 Å². The summed E-state index contributed by atoms with van der Waals surface area (Å²) in [6, 6.07) is 12.9. The average Bonchev–Trinajstić information content (AvgIpc) is 2.99. The van der Waals surface area contributed by atoms with Crippen molar-refractivity contribution in [1.82, 2.24) is 14.5 Å². The Morgan fingerprint density at radius 1 is 1.15 bits per heavy atom. The summed E-state index contributed by atoms with van der Waals surface area (Å²) in [5.74, 6) is 1.63. The molecular formula is C19H26Cl2N6. The van der Waals surface area contributed by atoms with E-state index in [9.17, 15) is 0 Å². The van der Waals surface area contributed by atoms with Crippen LogP contribution in [0.25, 0.3) is 10.9 Å². The second-order valence-corrected chi connectivity index (χ2v) is 6.93. The molecule has 27 heavy (non-hydrogen) atoms. The van der Waals surface area contributed by atoms with Crippen LogP contribution in [-0.2, 0) is 6.54 Å². The first-order valence-corrected chi connectivity index (χ1v) is 8.75. The molecule has 3 aromatic rings. The van der Waals surface area contributed by atoms with Crippen LogP contribution in [0.4, 0.5) is 11.8 Å². The molecule has 2 aromatic heterocycles. The van der Waals surface area contributed by atoms with E-state index in [0.717, 1.165) is 37.4 Å². The normalized spacial score (nSPS) is 18.3. The SMILES string of the molecule is CN(CCn1ccc2ccccc21)c1cc(C2CC(N)C2)nc(N)n1.Cl.Cl. The maximum Gasteiger partial charge on any atom is 0.222 e.